The predicted octanol–water partition coefficient (Wildman–Crippen LogP) is 1.81. The van der Waals surface area contributed by atoms with Crippen LogP contribution in [0.1, 0.15) is 29.3 Å². The molecule has 1 aromatic carbocycles. The minimum atomic E-state index is -0.812. The number of amides is 1. The van der Waals surface area contributed by atoms with E-state index < -0.39 is 27.9 Å². The number of rotatable bonds is 3. The lowest BCUT2D eigenvalue weighted by atomic mass is 9.91. The topological polar surface area (TPSA) is 120 Å². The highest BCUT2D eigenvalue weighted by atomic mass is 16.6. The zero-order valence-corrected chi connectivity index (χ0v) is 18.5. The van der Waals surface area contributed by atoms with Crippen molar-refractivity contribution in [3.63, 3.8) is 0 Å². The average molecular weight is 444 g/mol. The van der Waals surface area contributed by atoms with Gasteiger partial charge in [-0.05, 0) is 32.4 Å². The predicted molar refractivity (Wildman–Crippen MR) is 118 cm³/mol. The number of phenols is 1. The molecular formula is C22H28N4O6. The third-order valence-electron chi connectivity index (χ3n) is 6.79. The lowest BCUT2D eigenvalue weighted by Gasteiger charge is -2.45. The van der Waals surface area contributed by atoms with E-state index in [4.69, 9.17) is 4.42 Å². The second-order valence-corrected chi connectivity index (χ2v) is 8.92. The van der Waals surface area contributed by atoms with E-state index in [9.17, 15) is 24.8 Å². The summed E-state index contributed by atoms with van der Waals surface area (Å²) in [4.78, 5) is 42.7. The molecule has 0 aliphatic carbocycles. The summed E-state index contributed by atoms with van der Waals surface area (Å²) in [5.74, 6) is -0.730. The third kappa shape index (κ3) is 3.95. The van der Waals surface area contributed by atoms with Crippen molar-refractivity contribution < 1.29 is 19.2 Å². The molecule has 10 heteroatoms. The molecule has 10 nitrogen and oxygen atoms in total. The number of nitrogens with zero attached hydrogens (tertiary/aromatic N) is 4. The van der Waals surface area contributed by atoms with Crippen LogP contribution in [0.3, 0.4) is 0 Å². The van der Waals surface area contributed by atoms with Gasteiger partial charge in [0, 0.05) is 62.3 Å². The van der Waals surface area contributed by atoms with Crippen molar-refractivity contribution in [1.29, 1.82) is 0 Å². The number of hydrogen-bond donors (Lipinski definition) is 1. The van der Waals surface area contributed by atoms with Crippen LogP contribution in [0.4, 0.5) is 5.69 Å². The molecule has 0 spiro atoms. The Kier molecular flexibility index (Phi) is 5.91. The third-order valence-corrected chi connectivity index (χ3v) is 6.79. The first-order valence-corrected chi connectivity index (χ1v) is 10.8. The standard InChI is InChI=1S/C22H28N4O6/c1-13-12-25(5-4-17(13)24-8-6-23(3)7-9-24)21(28)16-10-15-11-18(26(30)31)19(27)14(2)20(15)32-22(16)29/h10-11,13,17,27H,4-9,12H2,1-3H3. The molecule has 4 rings (SSSR count). The molecule has 0 saturated carbocycles. The molecule has 3 heterocycles. The monoisotopic (exact) mass is 444 g/mol. The molecule has 2 aromatic rings. The number of nitro groups is 1. The fraction of sp³-hybridized carbons (Fsp3) is 0.545. The van der Waals surface area contributed by atoms with Crippen molar-refractivity contribution >= 4 is 22.6 Å². The van der Waals surface area contributed by atoms with Crippen LogP contribution in [0.25, 0.3) is 11.0 Å². The summed E-state index contributed by atoms with van der Waals surface area (Å²) in [6, 6.07) is 2.86. The van der Waals surface area contributed by atoms with Gasteiger partial charge in [-0.15, -0.1) is 0 Å². The molecule has 2 aliphatic rings. The van der Waals surface area contributed by atoms with E-state index in [1.807, 2.05) is 0 Å². The largest absolute Gasteiger partial charge is 0.502 e. The van der Waals surface area contributed by atoms with Crippen molar-refractivity contribution in [3.05, 3.63) is 43.8 Å². The van der Waals surface area contributed by atoms with Gasteiger partial charge in [-0.2, -0.15) is 0 Å². The van der Waals surface area contributed by atoms with Gasteiger partial charge in [0.2, 0.25) is 5.75 Å². The molecule has 2 saturated heterocycles. The van der Waals surface area contributed by atoms with Crippen molar-refractivity contribution in [2.45, 2.75) is 26.3 Å². The normalized spacial score (nSPS) is 22.9. The molecular weight excluding hydrogens is 416 g/mol. The molecule has 2 aliphatic heterocycles. The van der Waals surface area contributed by atoms with Gasteiger partial charge >= 0.3 is 11.3 Å². The number of carbonyl (C=O) groups is 1. The Morgan fingerprint density at radius 1 is 1.22 bits per heavy atom. The molecule has 1 amide bonds. The maximum atomic E-state index is 13.2. The Balaban J connectivity index is 1.57. The Labute approximate surface area is 185 Å². The van der Waals surface area contributed by atoms with Gasteiger partial charge in [0.15, 0.2) is 0 Å². The second kappa shape index (κ2) is 8.51. The number of aryl methyl sites for hydroxylation is 1. The maximum absolute atomic E-state index is 13.2. The number of benzene rings is 1. The quantitative estimate of drug-likeness (QED) is 0.432. The Bertz CT molecular complexity index is 1120. The van der Waals surface area contributed by atoms with E-state index >= 15 is 0 Å². The van der Waals surface area contributed by atoms with Crippen LogP contribution in [0.15, 0.2) is 21.3 Å². The van der Waals surface area contributed by atoms with Gasteiger partial charge in [0.25, 0.3) is 5.91 Å². The zero-order valence-electron chi connectivity index (χ0n) is 18.5. The molecule has 32 heavy (non-hydrogen) atoms. The first kappa shape index (κ1) is 22.2. The number of piperidine rings is 1. The minimum Gasteiger partial charge on any atom is -0.502 e. The van der Waals surface area contributed by atoms with Gasteiger partial charge in [-0.25, -0.2) is 4.79 Å². The lowest BCUT2D eigenvalue weighted by molar-refractivity contribution is -0.385. The molecule has 2 unspecified atom stereocenters. The van der Waals surface area contributed by atoms with Crippen molar-refractivity contribution in [2.24, 2.45) is 5.92 Å². The number of likely N-dealkylation sites (N-methyl/N-ethyl adjacent to an activating group) is 1. The summed E-state index contributed by atoms with van der Waals surface area (Å²) in [7, 11) is 2.12. The average Bonchev–Trinajstić information content (AvgIpc) is 2.76. The number of hydrogen-bond acceptors (Lipinski definition) is 8. The molecule has 1 N–H and O–H groups in total. The summed E-state index contributed by atoms with van der Waals surface area (Å²) in [6.45, 7) is 8.71. The van der Waals surface area contributed by atoms with E-state index in [1.165, 1.54) is 13.0 Å². The second-order valence-electron chi connectivity index (χ2n) is 8.92. The minimum absolute atomic E-state index is 0.0387. The van der Waals surface area contributed by atoms with Gasteiger partial charge in [-0.1, -0.05) is 6.92 Å². The summed E-state index contributed by atoms with van der Waals surface area (Å²) < 4.78 is 5.31. The molecule has 1 aromatic heterocycles. The van der Waals surface area contributed by atoms with E-state index in [2.05, 4.69) is 23.8 Å². The van der Waals surface area contributed by atoms with Gasteiger partial charge in [-0.3, -0.25) is 19.8 Å². The van der Waals surface area contributed by atoms with Gasteiger partial charge in [0.05, 0.1) is 4.92 Å². The maximum Gasteiger partial charge on any atom is 0.349 e. The molecule has 0 radical (unpaired) electrons. The van der Waals surface area contributed by atoms with E-state index in [-0.39, 0.29) is 28.0 Å². The molecule has 0 bridgehead atoms. The molecule has 2 atom stereocenters. The van der Waals surface area contributed by atoms with Crippen LogP contribution in [-0.4, -0.2) is 83.0 Å². The summed E-state index contributed by atoms with van der Waals surface area (Å²) in [6.07, 6.45) is 0.827. The summed E-state index contributed by atoms with van der Waals surface area (Å²) in [5.41, 5.74) is -1.33. The number of likely N-dealkylation sites (tertiary alicyclic amines) is 1. The number of fused-ring (bicyclic) bond motifs is 1. The lowest BCUT2D eigenvalue weighted by Crippen LogP contribution is -2.56. The molecule has 172 valence electrons. The van der Waals surface area contributed by atoms with Gasteiger partial charge < -0.3 is 19.3 Å². The highest BCUT2D eigenvalue weighted by Crippen LogP contribution is 2.35. The number of carbonyl (C=O) groups excluding carboxylic acids is 1. The fourth-order valence-electron chi connectivity index (χ4n) is 4.87. The van der Waals surface area contributed by atoms with E-state index in [0.717, 1.165) is 38.7 Å². The Morgan fingerprint density at radius 3 is 2.53 bits per heavy atom. The van der Waals surface area contributed by atoms with Crippen LogP contribution in [-0.2, 0) is 0 Å². The number of phenolic OH excluding ortho intramolecular Hbond substituents is 1. The van der Waals surface area contributed by atoms with Crippen molar-refractivity contribution in [3.8, 4) is 5.75 Å². The van der Waals surface area contributed by atoms with Crippen LogP contribution in [0.5, 0.6) is 5.75 Å². The SMILES string of the molecule is Cc1c(O)c([N+](=O)[O-])cc2cc(C(=O)N3CCC(N4CCN(C)CC4)C(C)C3)c(=O)oc12. The van der Waals surface area contributed by atoms with Crippen LogP contribution < -0.4 is 5.63 Å². The first-order chi connectivity index (χ1) is 15.2. The highest BCUT2D eigenvalue weighted by Gasteiger charge is 2.34. The van der Waals surface area contributed by atoms with Crippen LogP contribution in [0.2, 0.25) is 0 Å². The summed E-state index contributed by atoms with van der Waals surface area (Å²) >= 11 is 0. The highest BCUT2D eigenvalue weighted by molar-refractivity contribution is 5.98. The van der Waals surface area contributed by atoms with Crippen molar-refractivity contribution in [1.82, 2.24) is 14.7 Å². The van der Waals surface area contributed by atoms with Crippen LogP contribution >= 0.6 is 0 Å². The first-order valence-electron chi connectivity index (χ1n) is 10.8. The molecule has 2 fully saturated rings. The number of aromatic hydroxyl groups is 1. The van der Waals surface area contributed by atoms with E-state index in [0.29, 0.717) is 19.1 Å². The zero-order chi connectivity index (χ0) is 23.2. The fourth-order valence-corrected chi connectivity index (χ4v) is 4.87. The number of piperazine rings is 1. The summed E-state index contributed by atoms with van der Waals surface area (Å²) in [5, 5.41) is 21.5. The Morgan fingerprint density at radius 2 is 1.91 bits per heavy atom. The smallest absolute Gasteiger partial charge is 0.349 e. The van der Waals surface area contributed by atoms with Gasteiger partial charge in [0.1, 0.15) is 11.1 Å². The van der Waals surface area contributed by atoms with E-state index in [1.54, 1.807) is 4.90 Å². The Hall–Kier alpha value is -2.98. The number of nitro benzene ring substituents is 1. The van der Waals surface area contributed by atoms with Crippen molar-refractivity contribution in [2.75, 3.05) is 46.3 Å². The van der Waals surface area contributed by atoms with Crippen LogP contribution in [0, 0.1) is 23.0 Å².